The minimum Gasteiger partial charge on any atom is -0.442 e. The summed E-state index contributed by atoms with van der Waals surface area (Å²) >= 11 is 2.47. The molecule has 2 aromatic carbocycles. The van der Waals surface area contributed by atoms with Crippen LogP contribution in [0.5, 0.6) is 0 Å². The number of carbonyl (C=O) groups is 1. The second-order valence-corrected chi connectivity index (χ2v) is 12.8. The van der Waals surface area contributed by atoms with Crippen LogP contribution >= 0.6 is 23.1 Å². The summed E-state index contributed by atoms with van der Waals surface area (Å²) < 4.78 is 33.0. The van der Waals surface area contributed by atoms with Gasteiger partial charge in [-0.25, -0.2) is 13.2 Å². The monoisotopic (exact) mass is 531 g/mol. The van der Waals surface area contributed by atoms with Gasteiger partial charge in [0.2, 0.25) is 9.84 Å². The van der Waals surface area contributed by atoms with Crippen molar-refractivity contribution in [1.29, 1.82) is 0 Å². The van der Waals surface area contributed by atoms with Crippen molar-refractivity contribution in [2.75, 3.05) is 18.6 Å². The molecule has 1 amide bonds. The van der Waals surface area contributed by atoms with Gasteiger partial charge in [-0.1, -0.05) is 18.2 Å². The number of ether oxygens (including phenoxy) is 1. The number of nitrogens with one attached hydrogen (secondary N) is 1. The van der Waals surface area contributed by atoms with Crippen LogP contribution in [0.2, 0.25) is 0 Å². The highest BCUT2D eigenvalue weighted by Gasteiger charge is 2.26. The Labute approximate surface area is 214 Å². The second-order valence-electron chi connectivity index (χ2n) is 8.75. The number of benzene rings is 2. The molecule has 3 rings (SSSR count). The third-order valence-corrected chi connectivity index (χ3v) is 9.30. The molecule has 0 spiro atoms. The molecule has 186 valence electrons. The maximum Gasteiger partial charge on any atom is 0.436 e. The van der Waals surface area contributed by atoms with E-state index in [-0.39, 0.29) is 15.6 Å². The predicted molar refractivity (Wildman–Crippen MR) is 145 cm³/mol. The van der Waals surface area contributed by atoms with Gasteiger partial charge in [-0.2, -0.15) is 4.99 Å². The van der Waals surface area contributed by atoms with E-state index < -0.39 is 21.5 Å². The lowest BCUT2D eigenvalue weighted by molar-refractivity contribution is 0.0604. The number of carbonyl (C=O) groups excluding carboxylic acids is 1. The summed E-state index contributed by atoms with van der Waals surface area (Å²) in [4.78, 5) is 16.5. The van der Waals surface area contributed by atoms with Crippen LogP contribution in [0, 0.1) is 6.92 Å². The van der Waals surface area contributed by atoms with E-state index in [4.69, 9.17) is 10.5 Å². The largest absolute Gasteiger partial charge is 0.442 e. The van der Waals surface area contributed by atoms with Crippen LogP contribution in [0.1, 0.15) is 31.2 Å². The highest BCUT2D eigenvalue weighted by Crippen LogP contribution is 2.38. The van der Waals surface area contributed by atoms with Crippen LogP contribution in [-0.4, -0.2) is 39.3 Å². The van der Waals surface area contributed by atoms with Crippen molar-refractivity contribution in [3.8, 4) is 11.1 Å². The number of hydrogen-bond acceptors (Lipinski definition) is 7. The van der Waals surface area contributed by atoms with Gasteiger partial charge in [0.1, 0.15) is 11.4 Å². The number of hydrogen-bond donors (Lipinski definition) is 2. The minimum absolute atomic E-state index is 0.0880. The van der Waals surface area contributed by atoms with Crippen LogP contribution in [-0.2, 0) is 14.6 Å². The average Bonchev–Trinajstić information content (AvgIpc) is 3.23. The number of anilines is 1. The van der Waals surface area contributed by atoms with Gasteiger partial charge in [-0.3, -0.25) is 0 Å². The van der Waals surface area contributed by atoms with E-state index in [0.29, 0.717) is 9.09 Å². The molecule has 0 aliphatic rings. The first-order valence-electron chi connectivity index (χ1n) is 10.7. The number of amidine groups is 1. The standard InChI is InChI=1S/C25H29N3O4S3/c1-15-12-17(27-5)10-11-19(15)16-8-7-9-18(13-16)35(30,31)21-14-20(34-23(21)33-6)22(26)28-24(29)32-25(2,3)4/h7-14,27H,1-6H3,(H2,26,28,29). The van der Waals surface area contributed by atoms with Crippen molar-refractivity contribution in [1.82, 2.24) is 0 Å². The summed E-state index contributed by atoms with van der Waals surface area (Å²) in [7, 11) is -2.01. The molecule has 0 saturated heterocycles. The molecule has 0 fully saturated rings. The third-order valence-electron chi connectivity index (χ3n) is 4.97. The van der Waals surface area contributed by atoms with Gasteiger partial charge in [0.15, 0.2) is 0 Å². The van der Waals surface area contributed by atoms with E-state index in [0.717, 1.165) is 22.4 Å². The number of sulfone groups is 1. The Hall–Kier alpha value is -2.82. The number of thioether (sulfide) groups is 1. The van der Waals surface area contributed by atoms with Crippen LogP contribution in [0.15, 0.2) is 67.5 Å². The maximum atomic E-state index is 13.6. The molecule has 0 aliphatic carbocycles. The predicted octanol–water partition coefficient (Wildman–Crippen LogP) is 5.96. The van der Waals surface area contributed by atoms with E-state index in [2.05, 4.69) is 10.3 Å². The minimum atomic E-state index is -3.86. The van der Waals surface area contributed by atoms with Crippen LogP contribution in [0.3, 0.4) is 0 Å². The van der Waals surface area contributed by atoms with Gasteiger partial charge in [0.05, 0.1) is 18.9 Å². The van der Waals surface area contributed by atoms with Crippen molar-refractivity contribution in [3.63, 3.8) is 0 Å². The van der Waals surface area contributed by atoms with Crippen molar-refractivity contribution >= 4 is 50.6 Å². The molecule has 3 aromatic rings. The second kappa shape index (κ2) is 10.4. The fourth-order valence-corrected chi connectivity index (χ4v) is 7.30. The first-order valence-corrected chi connectivity index (χ1v) is 14.3. The van der Waals surface area contributed by atoms with Gasteiger partial charge in [-0.15, -0.1) is 23.1 Å². The molecule has 0 bridgehead atoms. The molecule has 0 saturated carbocycles. The summed E-state index contributed by atoms with van der Waals surface area (Å²) in [6.45, 7) is 7.16. The fourth-order valence-electron chi connectivity index (χ4n) is 3.35. The zero-order valence-electron chi connectivity index (χ0n) is 20.5. The highest BCUT2D eigenvalue weighted by atomic mass is 32.2. The topological polar surface area (TPSA) is 111 Å². The zero-order valence-corrected chi connectivity index (χ0v) is 23.0. The Kier molecular flexibility index (Phi) is 7.98. The van der Waals surface area contributed by atoms with E-state index in [1.54, 1.807) is 45.2 Å². The summed E-state index contributed by atoms with van der Waals surface area (Å²) in [6, 6.07) is 14.3. The lowest BCUT2D eigenvalue weighted by Gasteiger charge is -2.17. The molecule has 35 heavy (non-hydrogen) atoms. The molecule has 0 aliphatic heterocycles. The zero-order chi connectivity index (χ0) is 26.0. The quantitative estimate of drug-likeness (QED) is 0.229. The Bertz CT molecular complexity index is 1390. The molecule has 1 heterocycles. The van der Waals surface area contributed by atoms with Gasteiger partial charge >= 0.3 is 6.09 Å². The van der Waals surface area contributed by atoms with Gasteiger partial charge < -0.3 is 15.8 Å². The first kappa shape index (κ1) is 26.8. The Balaban J connectivity index is 2.01. The number of aliphatic imine (C=N–C) groups is 1. The summed E-state index contributed by atoms with van der Waals surface area (Å²) in [5.41, 5.74) is 9.07. The Morgan fingerprint density at radius 1 is 1.14 bits per heavy atom. The molecule has 0 atom stereocenters. The molecule has 3 N–H and O–H groups in total. The van der Waals surface area contributed by atoms with E-state index in [1.165, 1.54) is 29.2 Å². The van der Waals surface area contributed by atoms with Crippen LogP contribution in [0.25, 0.3) is 11.1 Å². The fraction of sp³-hybridized carbons (Fsp3) is 0.280. The number of nitrogens with zero attached hydrogens (tertiary/aromatic N) is 1. The van der Waals surface area contributed by atoms with Gasteiger partial charge in [0, 0.05) is 12.7 Å². The third kappa shape index (κ3) is 6.25. The molecule has 10 heteroatoms. The molecule has 1 aromatic heterocycles. The van der Waals surface area contributed by atoms with E-state index in [1.807, 2.05) is 38.2 Å². The van der Waals surface area contributed by atoms with Crippen LogP contribution < -0.4 is 11.1 Å². The molecular formula is C25H29N3O4S3. The summed E-state index contributed by atoms with van der Waals surface area (Å²) in [5, 5.41) is 3.10. The van der Waals surface area contributed by atoms with Crippen molar-refractivity contribution in [2.24, 2.45) is 10.7 Å². The van der Waals surface area contributed by atoms with Crippen LogP contribution in [0.4, 0.5) is 10.5 Å². The van der Waals surface area contributed by atoms with E-state index >= 15 is 0 Å². The number of rotatable bonds is 6. The van der Waals surface area contributed by atoms with Crippen molar-refractivity contribution in [2.45, 2.75) is 47.3 Å². The lowest BCUT2D eigenvalue weighted by Crippen LogP contribution is -2.24. The molecule has 0 unspecified atom stereocenters. The molecule has 0 radical (unpaired) electrons. The number of nitrogens with two attached hydrogens (primary N) is 1. The number of thiophene rings is 1. The van der Waals surface area contributed by atoms with Gasteiger partial charge in [0.25, 0.3) is 0 Å². The Morgan fingerprint density at radius 3 is 2.46 bits per heavy atom. The number of amides is 1. The van der Waals surface area contributed by atoms with Gasteiger partial charge in [-0.05, 0) is 81.0 Å². The number of aryl methyl sites for hydroxylation is 1. The normalized spacial score (nSPS) is 12.5. The van der Waals surface area contributed by atoms with E-state index in [9.17, 15) is 13.2 Å². The lowest BCUT2D eigenvalue weighted by atomic mass is 10.00. The maximum absolute atomic E-state index is 13.6. The Morgan fingerprint density at radius 2 is 1.86 bits per heavy atom. The summed E-state index contributed by atoms with van der Waals surface area (Å²) in [5.74, 6) is -0.0880. The smallest absolute Gasteiger partial charge is 0.436 e. The average molecular weight is 532 g/mol. The molecular weight excluding hydrogens is 502 g/mol. The van der Waals surface area contributed by atoms with Crippen molar-refractivity contribution in [3.05, 3.63) is 59.0 Å². The highest BCUT2D eigenvalue weighted by molar-refractivity contribution is 8.01. The molecule has 7 nitrogen and oxygen atoms in total. The van der Waals surface area contributed by atoms with Crippen molar-refractivity contribution < 1.29 is 17.9 Å². The first-order chi connectivity index (χ1) is 16.4. The summed E-state index contributed by atoms with van der Waals surface area (Å²) in [6.07, 6.45) is 0.963. The SMILES string of the molecule is CNc1ccc(-c2cccc(S(=O)(=O)c3cc(C(N)=NC(=O)OC(C)(C)C)sc3SC)c2)c(C)c1.